The van der Waals surface area contributed by atoms with Crippen LogP contribution >= 0.6 is 22.6 Å². The van der Waals surface area contributed by atoms with Crippen LogP contribution in [0.4, 0.5) is 5.69 Å². The molecule has 0 aliphatic heterocycles. The summed E-state index contributed by atoms with van der Waals surface area (Å²) in [6, 6.07) is 13.2. The quantitative estimate of drug-likeness (QED) is 0.610. The van der Waals surface area contributed by atoms with Gasteiger partial charge in [0.15, 0.2) is 0 Å². The molecule has 0 saturated carbocycles. The molecule has 0 unspecified atom stereocenters. The van der Waals surface area contributed by atoms with Crippen LogP contribution in [0.5, 0.6) is 0 Å². The first-order valence-corrected chi connectivity index (χ1v) is 8.70. The Morgan fingerprint density at radius 3 is 2.45 bits per heavy atom. The molecule has 2 aromatic carbocycles. The Hall–Kier alpha value is -1.12. The molecule has 0 bridgehead atoms. The van der Waals surface area contributed by atoms with Crippen molar-refractivity contribution in [1.82, 2.24) is 4.72 Å². The van der Waals surface area contributed by atoms with E-state index in [0.29, 0.717) is 5.69 Å². The first-order chi connectivity index (χ1) is 9.43. The first-order valence-electron chi connectivity index (χ1n) is 5.97. The van der Waals surface area contributed by atoms with Crippen molar-refractivity contribution in [3.8, 4) is 11.1 Å². The summed E-state index contributed by atoms with van der Waals surface area (Å²) in [5.74, 6) is -0.0238. The fourth-order valence-electron chi connectivity index (χ4n) is 1.90. The van der Waals surface area contributed by atoms with Gasteiger partial charge in [0.05, 0.1) is 5.75 Å². The number of benzene rings is 2. The third kappa shape index (κ3) is 3.50. The van der Waals surface area contributed by atoms with Crippen LogP contribution in [0, 0.1) is 3.57 Å². The van der Waals surface area contributed by atoms with Crippen LogP contribution in [0.15, 0.2) is 42.5 Å². The second kappa shape index (κ2) is 6.11. The van der Waals surface area contributed by atoms with Gasteiger partial charge in [-0.2, -0.15) is 0 Å². The number of nitrogens with one attached hydrogen (secondary N) is 1. The second-order valence-corrected chi connectivity index (χ2v) is 7.45. The Morgan fingerprint density at radius 1 is 1.15 bits per heavy atom. The molecule has 0 amide bonds. The van der Waals surface area contributed by atoms with Crippen molar-refractivity contribution in [3.05, 3.63) is 51.6 Å². The predicted octanol–water partition coefficient (Wildman–Crippen LogP) is 2.59. The van der Waals surface area contributed by atoms with E-state index >= 15 is 0 Å². The van der Waals surface area contributed by atoms with Crippen LogP contribution in [0.25, 0.3) is 11.1 Å². The van der Waals surface area contributed by atoms with Crippen molar-refractivity contribution >= 4 is 38.3 Å². The highest BCUT2D eigenvalue weighted by atomic mass is 127. The van der Waals surface area contributed by atoms with E-state index in [4.69, 9.17) is 5.73 Å². The molecule has 0 saturated heterocycles. The fourth-order valence-corrected chi connectivity index (χ4v) is 3.53. The van der Waals surface area contributed by atoms with Crippen molar-refractivity contribution in [1.29, 1.82) is 0 Å². The van der Waals surface area contributed by atoms with Crippen molar-refractivity contribution in [2.45, 2.75) is 5.75 Å². The maximum atomic E-state index is 11.6. The van der Waals surface area contributed by atoms with Crippen molar-refractivity contribution in [2.75, 3.05) is 12.8 Å². The zero-order valence-corrected chi connectivity index (χ0v) is 13.9. The molecule has 20 heavy (non-hydrogen) atoms. The standard InChI is InChI=1S/C14H15IN2O2S/c1-17-20(18,19)9-10-6-7-11(13(15)8-10)12-4-2-3-5-14(12)16/h2-8,17H,9,16H2,1H3. The third-order valence-corrected chi connectivity index (χ3v) is 5.18. The topological polar surface area (TPSA) is 72.2 Å². The highest BCUT2D eigenvalue weighted by Crippen LogP contribution is 2.30. The minimum atomic E-state index is -3.25. The lowest BCUT2D eigenvalue weighted by atomic mass is 10.0. The minimum absolute atomic E-state index is 0.0238. The number of hydrogen-bond donors (Lipinski definition) is 2. The smallest absolute Gasteiger partial charge is 0.215 e. The summed E-state index contributed by atoms with van der Waals surface area (Å²) in [5, 5.41) is 0. The SMILES string of the molecule is CNS(=O)(=O)Cc1ccc(-c2ccccc2N)c(I)c1. The van der Waals surface area contributed by atoms with Gasteiger partial charge < -0.3 is 5.73 Å². The van der Waals surface area contributed by atoms with E-state index in [9.17, 15) is 8.42 Å². The monoisotopic (exact) mass is 402 g/mol. The molecule has 0 spiro atoms. The van der Waals surface area contributed by atoms with Crippen molar-refractivity contribution in [3.63, 3.8) is 0 Å². The Morgan fingerprint density at radius 2 is 1.85 bits per heavy atom. The first kappa shape index (κ1) is 15.3. The molecule has 4 nitrogen and oxygen atoms in total. The molecule has 106 valence electrons. The van der Waals surface area contributed by atoms with Crippen LogP contribution in [0.1, 0.15) is 5.56 Å². The number of anilines is 1. The summed E-state index contributed by atoms with van der Waals surface area (Å²) < 4.78 is 26.4. The van der Waals surface area contributed by atoms with E-state index in [2.05, 4.69) is 27.3 Å². The number of hydrogen-bond acceptors (Lipinski definition) is 3. The largest absolute Gasteiger partial charge is 0.398 e. The summed E-state index contributed by atoms with van der Waals surface area (Å²) in [6.07, 6.45) is 0. The molecule has 3 N–H and O–H groups in total. The summed E-state index contributed by atoms with van der Waals surface area (Å²) in [6.45, 7) is 0. The number of sulfonamides is 1. The Kier molecular flexibility index (Phi) is 4.66. The second-order valence-electron chi connectivity index (χ2n) is 4.36. The molecule has 0 heterocycles. The number of nitrogen functional groups attached to an aromatic ring is 1. The van der Waals surface area contributed by atoms with Crippen LogP contribution < -0.4 is 10.5 Å². The highest BCUT2D eigenvalue weighted by molar-refractivity contribution is 14.1. The van der Waals surface area contributed by atoms with E-state index in [-0.39, 0.29) is 5.75 Å². The lowest BCUT2D eigenvalue weighted by molar-refractivity contribution is 0.587. The average molecular weight is 402 g/mol. The van der Waals surface area contributed by atoms with Gasteiger partial charge in [-0.1, -0.05) is 30.3 Å². The Bertz CT molecular complexity index is 730. The van der Waals surface area contributed by atoms with Gasteiger partial charge in [-0.15, -0.1) is 0 Å². The highest BCUT2D eigenvalue weighted by Gasteiger charge is 2.11. The fraction of sp³-hybridized carbons (Fsp3) is 0.143. The van der Waals surface area contributed by atoms with Gasteiger partial charge in [0.2, 0.25) is 10.0 Å². The number of nitrogens with two attached hydrogens (primary N) is 1. The molecular formula is C14H15IN2O2S. The van der Waals surface area contributed by atoms with Crippen molar-refractivity contribution in [2.24, 2.45) is 0 Å². The molecule has 2 aromatic rings. The lowest BCUT2D eigenvalue weighted by Crippen LogP contribution is -2.20. The van der Waals surface area contributed by atoms with Gasteiger partial charge in [-0.3, -0.25) is 0 Å². The molecule has 0 aromatic heterocycles. The number of rotatable bonds is 4. The Labute approximate surface area is 132 Å². The molecule has 0 aliphatic rings. The molecular weight excluding hydrogens is 387 g/mol. The van der Waals surface area contributed by atoms with E-state index < -0.39 is 10.0 Å². The molecule has 0 fully saturated rings. The summed E-state index contributed by atoms with van der Waals surface area (Å²) >= 11 is 2.20. The van der Waals surface area contributed by atoms with Gasteiger partial charge >= 0.3 is 0 Å². The zero-order chi connectivity index (χ0) is 14.8. The maximum Gasteiger partial charge on any atom is 0.215 e. The zero-order valence-electron chi connectivity index (χ0n) is 10.9. The normalized spacial score (nSPS) is 11.5. The number of halogens is 1. The van der Waals surface area contributed by atoms with E-state index in [1.165, 1.54) is 7.05 Å². The van der Waals surface area contributed by atoms with E-state index in [1.807, 2.05) is 42.5 Å². The summed E-state index contributed by atoms with van der Waals surface area (Å²) in [5.41, 5.74) is 9.40. The van der Waals surface area contributed by atoms with Gasteiger partial charge in [0, 0.05) is 14.8 Å². The van der Waals surface area contributed by atoms with Crippen LogP contribution in [0.2, 0.25) is 0 Å². The van der Waals surface area contributed by atoms with Crippen molar-refractivity contribution < 1.29 is 8.42 Å². The van der Waals surface area contributed by atoms with Gasteiger partial charge in [-0.05, 0) is 52.9 Å². The predicted molar refractivity (Wildman–Crippen MR) is 90.7 cm³/mol. The maximum absolute atomic E-state index is 11.6. The average Bonchev–Trinajstić information content (AvgIpc) is 2.40. The summed E-state index contributed by atoms with van der Waals surface area (Å²) in [4.78, 5) is 0. The van der Waals surface area contributed by atoms with Gasteiger partial charge in [0.1, 0.15) is 0 Å². The van der Waals surface area contributed by atoms with Crippen LogP contribution in [0.3, 0.4) is 0 Å². The van der Waals surface area contributed by atoms with Crippen LogP contribution in [-0.4, -0.2) is 15.5 Å². The molecule has 0 atom stereocenters. The molecule has 6 heteroatoms. The summed E-state index contributed by atoms with van der Waals surface area (Å²) in [7, 11) is -1.84. The third-order valence-electron chi connectivity index (χ3n) is 2.95. The lowest BCUT2D eigenvalue weighted by Gasteiger charge is -2.10. The molecule has 0 radical (unpaired) electrons. The van der Waals surface area contributed by atoms with E-state index in [0.717, 1.165) is 20.3 Å². The van der Waals surface area contributed by atoms with Gasteiger partial charge in [0.25, 0.3) is 0 Å². The molecule has 2 rings (SSSR count). The van der Waals surface area contributed by atoms with E-state index in [1.54, 1.807) is 0 Å². The van der Waals surface area contributed by atoms with Gasteiger partial charge in [-0.25, -0.2) is 13.1 Å². The minimum Gasteiger partial charge on any atom is -0.398 e. The number of para-hydroxylation sites is 1. The Balaban J connectivity index is 2.39. The van der Waals surface area contributed by atoms with Crippen LogP contribution in [-0.2, 0) is 15.8 Å². The molecule has 0 aliphatic carbocycles.